The van der Waals surface area contributed by atoms with Crippen LogP contribution in [0.15, 0.2) is 30.6 Å². The van der Waals surface area contributed by atoms with Crippen LogP contribution in [0.25, 0.3) is 11.4 Å². The molecule has 0 saturated carbocycles. The fourth-order valence-corrected chi connectivity index (χ4v) is 2.23. The van der Waals surface area contributed by atoms with Gasteiger partial charge in [0.2, 0.25) is 5.91 Å². The lowest BCUT2D eigenvalue weighted by atomic mass is 10.0. The van der Waals surface area contributed by atoms with Gasteiger partial charge in [0.1, 0.15) is 6.33 Å². The van der Waals surface area contributed by atoms with Crippen LogP contribution in [-0.4, -0.2) is 27.2 Å². The molecule has 0 spiro atoms. The van der Waals surface area contributed by atoms with Crippen LogP contribution in [0.3, 0.4) is 0 Å². The Bertz CT molecular complexity index is 608. The third kappa shape index (κ3) is 3.66. The summed E-state index contributed by atoms with van der Waals surface area (Å²) in [7, 11) is 1.88. The molecule has 0 saturated heterocycles. The number of nitrogens with one attached hydrogen (secondary N) is 1. The molecule has 1 aromatic heterocycles. The lowest BCUT2D eigenvalue weighted by Crippen LogP contribution is -2.29. The van der Waals surface area contributed by atoms with Crippen molar-refractivity contribution in [2.45, 2.75) is 19.8 Å². The van der Waals surface area contributed by atoms with Gasteiger partial charge < -0.3 is 15.6 Å². The van der Waals surface area contributed by atoms with Crippen molar-refractivity contribution in [1.82, 2.24) is 14.8 Å². The maximum absolute atomic E-state index is 12.2. The van der Waals surface area contributed by atoms with Crippen LogP contribution in [0, 0.1) is 5.92 Å². The van der Waals surface area contributed by atoms with Crippen molar-refractivity contribution in [3.8, 4) is 11.4 Å². The molecule has 1 amide bonds. The average molecular weight is 287 g/mol. The number of hydrogen-bond donors (Lipinski definition) is 2. The number of anilines is 1. The lowest BCUT2D eigenvalue weighted by molar-refractivity contribution is -0.119. The van der Waals surface area contributed by atoms with Crippen molar-refractivity contribution in [1.29, 1.82) is 0 Å². The van der Waals surface area contributed by atoms with E-state index in [1.807, 2.05) is 42.8 Å². The summed E-state index contributed by atoms with van der Waals surface area (Å²) in [5.41, 5.74) is 7.31. The third-order valence-corrected chi connectivity index (χ3v) is 3.39. The minimum Gasteiger partial charge on any atom is -0.330 e. The van der Waals surface area contributed by atoms with E-state index >= 15 is 0 Å². The highest BCUT2D eigenvalue weighted by molar-refractivity contribution is 5.93. The number of nitrogens with zero attached hydrogens (tertiary/aromatic N) is 3. The Kier molecular flexibility index (Phi) is 5.05. The molecular formula is C15H21N5O. The Balaban J connectivity index is 2.15. The second-order valence-corrected chi connectivity index (χ2v) is 5.06. The Morgan fingerprint density at radius 2 is 2.29 bits per heavy atom. The first kappa shape index (κ1) is 15.2. The summed E-state index contributed by atoms with van der Waals surface area (Å²) < 4.78 is 1.83. The number of carbonyl (C=O) groups is 1. The molecular weight excluding hydrogens is 266 g/mol. The molecule has 6 nitrogen and oxygen atoms in total. The van der Waals surface area contributed by atoms with E-state index in [1.165, 1.54) is 0 Å². The highest BCUT2D eigenvalue weighted by Gasteiger charge is 2.16. The zero-order valence-electron chi connectivity index (χ0n) is 12.4. The summed E-state index contributed by atoms with van der Waals surface area (Å²) in [6, 6.07) is 7.57. The van der Waals surface area contributed by atoms with Crippen molar-refractivity contribution in [2.75, 3.05) is 11.9 Å². The molecule has 1 aromatic carbocycles. The van der Waals surface area contributed by atoms with Crippen molar-refractivity contribution < 1.29 is 4.79 Å². The Hall–Kier alpha value is -2.21. The van der Waals surface area contributed by atoms with E-state index in [1.54, 1.807) is 6.33 Å². The Labute approximate surface area is 124 Å². The van der Waals surface area contributed by atoms with E-state index in [4.69, 9.17) is 5.73 Å². The molecule has 0 bridgehead atoms. The van der Waals surface area contributed by atoms with Gasteiger partial charge in [0.15, 0.2) is 5.82 Å². The van der Waals surface area contributed by atoms with E-state index in [0.29, 0.717) is 6.54 Å². The standard InChI is InChI=1S/C15H21N5O/c1-3-5-12(9-16)15(21)18-13-7-4-6-11(8-13)14-19-17-10-20(14)2/h4,6-8,10,12H,3,5,9,16H2,1-2H3,(H,18,21). The van der Waals surface area contributed by atoms with Gasteiger partial charge in [0, 0.05) is 24.8 Å². The fraction of sp³-hybridized carbons (Fsp3) is 0.400. The van der Waals surface area contributed by atoms with E-state index in [0.717, 1.165) is 29.9 Å². The van der Waals surface area contributed by atoms with Gasteiger partial charge in [-0.05, 0) is 18.6 Å². The molecule has 0 aliphatic carbocycles. The maximum atomic E-state index is 12.2. The number of amides is 1. The van der Waals surface area contributed by atoms with Crippen molar-refractivity contribution in [2.24, 2.45) is 18.7 Å². The second kappa shape index (κ2) is 6.99. The van der Waals surface area contributed by atoms with E-state index < -0.39 is 0 Å². The van der Waals surface area contributed by atoms with Crippen LogP contribution in [0.1, 0.15) is 19.8 Å². The SMILES string of the molecule is CCCC(CN)C(=O)Nc1cccc(-c2nncn2C)c1. The summed E-state index contributed by atoms with van der Waals surface area (Å²) >= 11 is 0. The first-order chi connectivity index (χ1) is 10.2. The largest absolute Gasteiger partial charge is 0.330 e. The van der Waals surface area contributed by atoms with E-state index in [-0.39, 0.29) is 11.8 Å². The zero-order chi connectivity index (χ0) is 15.2. The first-order valence-corrected chi connectivity index (χ1v) is 7.11. The number of nitrogens with two attached hydrogens (primary N) is 1. The van der Waals surface area contributed by atoms with Crippen LogP contribution in [0.2, 0.25) is 0 Å². The molecule has 2 aromatic rings. The quantitative estimate of drug-likeness (QED) is 0.848. The summed E-state index contributed by atoms with van der Waals surface area (Å²) in [6.45, 7) is 2.41. The number of aryl methyl sites for hydroxylation is 1. The molecule has 3 N–H and O–H groups in total. The Morgan fingerprint density at radius 1 is 1.48 bits per heavy atom. The normalized spacial score (nSPS) is 12.1. The van der Waals surface area contributed by atoms with Gasteiger partial charge in [-0.1, -0.05) is 25.5 Å². The van der Waals surface area contributed by atoms with Crippen molar-refractivity contribution >= 4 is 11.6 Å². The predicted octanol–water partition coefficient (Wildman–Crippen LogP) is 1.80. The van der Waals surface area contributed by atoms with Crippen LogP contribution in [0.4, 0.5) is 5.69 Å². The van der Waals surface area contributed by atoms with Crippen LogP contribution in [0.5, 0.6) is 0 Å². The highest BCUT2D eigenvalue weighted by atomic mass is 16.1. The average Bonchev–Trinajstić information content (AvgIpc) is 2.91. The summed E-state index contributed by atoms with van der Waals surface area (Å²) in [5.74, 6) is 0.581. The van der Waals surface area contributed by atoms with Crippen LogP contribution in [-0.2, 0) is 11.8 Å². The van der Waals surface area contributed by atoms with Gasteiger partial charge in [-0.2, -0.15) is 0 Å². The highest BCUT2D eigenvalue weighted by Crippen LogP contribution is 2.20. The summed E-state index contributed by atoms with van der Waals surface area (Å²) in [5, 5.41) is 10.9. The van der Waals surface area contributed by atoms with Crippen LogP contribution >= 0.6 is 0 Å². The van der Waals surface area contributed by atoms with Crippen molar-refractivity contribution in [3.05, 3.63) is 30.6 Å². The molecule has 21 heavy (non-hydrogen) atoms. The molecule has 6 heteroatoms. The first-order valence-electron chi connectivity index (χ1n) is 7.11. The molecule has 112 valence electrons. The van der Waals surface area contributed by atoms with Crippen LogP contribution < -0.4 is 11.1 Å². The molecule has 1 unspecified atom stereocenters. The minimum absolute atomic E-state index is 0.0329. The molecule has 0 aliphatic heterocycles. The maximum Gasteiger partial charge on any atom is 0.228 e. The third-order valence-electron chi connectivity index (χ3n) is 3.39. The van der Waals surface area contributed by atoms with Gasteiger partial charge in [-0.3, -0.25) is 4.79 Å². The smallest absolute Gasteiger partial charge is 0.228 e. The van der Waals surface area contributed by atoms with Gasteiger partial charge >= 0.3 is 0 Å². The molecule has 2 rings (SSSR count). The van der Waals surface area contributed by atoms with E-state index in [9.17, 15) is 4.79 Å². The number of benzene rings is 1. The zero-order valence-corrected chi connectivity index (χ0v) is 12.4. The summed E-state index contributed by atoms with van der Waals surface area (Å²) in [6.07, 6.45) is 3.38. The molecule has 0 radical (unpaired) electrons. The van der Waals surface area contributed by atoms with Gasteiger partial charge in [0.25, 0.3) is 0 Å². The Morgan fingerprint density at radius 3 is 2.90 bits per heavy atom. The van der Waals surface area contributed by atoms with Crippen molar-refractivity contribution in [3.63, 3.8) is 0 Å². The molecule has 1 heterocycles. The number of carbonyl (C=O) groups excluding carboxylic acids is 1. The predicted molar refractivity (Wildman–Crippen MR) is 82.5 cm³/mol. The lowest BCUT2D eigenvalue weighted by Gasteiger charge is -2.14. The number of aromatic nitrogens is 3. The van der Waals surface area contributed by atoms with Gasteiger partial charge in [-0.15, -0.1) is 10.2 Å². The number of rotatable bonds is 6. The minimum atomic E-state index is -0.145. The second-order valence-electron chi connectivity index (χ2n) is 5.06. The fourth-order valence-electron chi connectivity index (χ4n) is 2.23. The molecule has 1 atom stereocenters. The topological polar surface area (TPSA) is 85.8 Å². The number of hydrogen-bond acceptors (Lipinski definition) is 4. The molecule has 0 aliphatic rings. The molecule has 0 fully saturated rings. The monoisotopic (exact) mass is 287 g/mol. The van der Waals surface area contributed by atoms with Gasteiger partial charge in [-0.25, -0.2) is 0 Å². The van der Waals surface area contributed by atoms with Gasteiger partial charge in [0.05, 0.1) is 5.92 Å². The van der Waals surface area contributed by atoms with E-state index in [2.05, 4.69) is 15.5 Å². The summed E-state index contributed by atoms with van der Waals surface area (Å²) in [4.78, 5) is 12.2.